The van der Waals surface area contributed by atoms with Gasteiger partial charge in [-0.3, -0.25) is 9.59 Å². The van der Waals surface area contributed by atoms with Crippen LogP contribution in [0.3, 0.4) is 0 Å². The fourth-order valence-electron chi connectivity index (χ4n) is 3.06. The molecule has 8 heteroatoms. The summed E-state index contributed by atoms with van der Waals surface area (Å²) in [6, 6.07) is 7.32. The van der Waals surface area contributed by atoms with Crippen molar-refractivity contribution in [1.29, 1.82) is 0 Å². The van der Waals surface area contributed by atoms with E-state index in [2.05, 4.69) is 20.6 Å². The van der Waals surface area contributed by atoms with E-state index in [-0.39, 0.29) is 30.9 Å². The maximum absolute atomic E-state index is 12.1. The van der Waals surface area contributed by atoms with Gasteiger partial charge >= 0.3 is 0 Å². The highest BCUT2D eigenvalue weighted by Crippen LogP contribution is 2.28. The van der Waals surface area contributed by atoms with Crippen molar-refractivity contribution in [2.75, 3.05) is 18.5 Å². The molecular weight excluding hydrogens is 364 g/mol. The second-order valence-electron chi connectivity index (χ2n) is 6.42. The van der Waals surface area contributed by atoms with E-state index in [4.69, 9.17) is 4.74 Å². The number of nitrogens with one attached hydrogen (secondary N) is 3. The van der Waals surface area contributed by atoms with E-state index >= 15 is 0 Å². The van der Waals surface area contributed by atoms with Crippen LogP contribution in [0.15, 0.2) is 35.0 Å². The number of hydrogen-bond donors (Lipinski definition) is 3. The van der Waals surface area contributed by atoms with E-state index in [1.807, 2.05) is 23.6 Å². The van der Waals surface area contributed by atoms with Gasteiger partial charge in [-0.1, -0.05) is 0 Å². The largest absolute Gasteiger partial charge is 0.370 e. The smallest absolute Gasteiger partial charge is 0.252 e. The molecule has 0 spiro atoms. The lowest BCUT2D eigenvalue weighted by Gasteiger charge is -2.06. The number of aromatic amines is 1. The zero-order valence-corrected chi connectivity index (χ0v) is 15.5. The third-order valence-corrected chi connectivity index (χ3v) is 5.12. The van der Waals surface area contributed by atoms with Crippen LogP contribution >= 0.6 is 11.3 Å². The van der Waals surface area contributed by atoms with E-state index in [9.17, 15) is 9.59 Å². The minimum absolute atomic E-state index is 0.0299. The number of carbonyl (C=O) groups excluding carboxylic acids is 2. The van der Waals surface area contributed by atoms with Crippen LogP contribution in [0.4, 0.5) is 5.69 Å². The van der Waals surface area contributed by atoms with Crippen LogP contribution in [0, 0.1) is 0 Å². The molecule has 2 amide bonds. The van der Waals surface area contributed by atoms with Crippen LogP contribution in [0.1, 0.15) is 41.5 Å². The molecule has 140 valence electrons. The Labute approximate surface area is 160 Å². The van der Waals surface area contributed by atoms with Gasteiger partial charge in [-0.25, -0.2) is 4.98 Å². The van der Waals surface area contributed by atoms with Crippen molar-refractivity contribution in [3.63, 3.8) is 0 Å². The number of nitrogens with zero attached hydrogens (tertiary/aromatic N) is 1. The Morgan fingerprint density at radius 1 is 1.33 bits per heavy atom. The fourth-order valence-corrected chi connectivity index (χ4v) is 3.70. The number of imidazole rings is 1. The van der Waals surface area contributed by atoms with Crippen LogP contribution in [0.5, 0.6) is 0 Å². The highest BCUT2D eigenvalue weighted by molar-refractivity contribution is 7.08. The molecule has 1 aliphatic heterocycles. The van der Waals surface area contributed by atoms with Gasteiger partial charge in [0.25, 0.3) is 5.91 Å². The SMILES string of the molecule is O=C(CCNC(=O)c1ccsc1)Nc1ccc2nc(C3CCCO3)[nH]c2c1. The molecule has 0 aliphatic carbocycles. The summed E-state index contributed by atoms with van der Waals surface area (Å²) in [7, 11) is 0. The average Bonchev–Trinajstić information content (AvgIpc) is 3.40. The number of ether oxygens (including phenoxy) is 1. The number of thiophene rings is 1. The Hall–Kier alpha value is -2.71. The number of anilines is 1. The van der Waals surface area contributed by atoms with Gasteiger partial charge in [0.1, 0.15) is 11.9 Å². The van der Waals surface area contributed by atoms with Gasteiger partial charge in [-0.05, 0) is 42.5 Å². The van der Waals surface area contributed by atoms with Crippen LogP contribution < -0.4 is 10.6 Å². The Bertz CT molecular complexity index is 945. The number of aromatic nitrogens is 2. The van der Waals surface area contributed by atoms with Gasteiger partial charge in [0.2, 0.25) is 5.91 Å². The minimum atomic E-state index is -0.162. The lowest BCUT2D eigenvalue weighted by atomic mass is 10.2. The zero-order chi connectivity index (χ0) is 18.6. The summed E-state index contributed by atoms with van der Waals surface area (Å²) in [5.41, 5.74) is 3.02. The highest BCUT2D eigenvalue weighted by Gasteiger charge is 2.21. The molecule has 0 saturated carbocycles. The Kier molecular flexibility index (Phi) is 5.17. The maximum atomic E-state index is 12.1. The average molecular weight is 384 g/mol. The number of rotatable bonds is 6. The van der Waals surface area contributed by atoms with Crippen molar-refractivity contribution >= 4 is 39.9 Å². The predicted octanol–water partition coefficient (Wildman–Crippen LogP) is 3.23. The second kappa shape index (κ2) is 7.89. The number of amides is 2. The van der Waals surface area contributed by atoms with Gasteiger partial charge in [-0.15, -0.1) is 0 Å². The third kappa shape index (κ3) is 4.17. The molecule has 1 unspecified atom stereocenters. The highest BCUT2D eigenvalue weighted by atomic mass is 32.1. The first-order chi connectivity index (χ1) is 13.2. The lowest BCUT2D eigenvalue weighted by Crippen LogP contribution is -2.27. The summed E-state index contributed by atoms with van der Waals surface area (Å²) in [5.74, 6) is 0.519. The summed E-state index contributed by atoms with van der Waals surface area (Å²) in [4.78, 5) is 31.8. The maximum Gasteiger partial charge on any atom is 0.252 e. The molecule has 0 bridgehead atoms. The van der Waals surface area contributed by atoms with E-state index in [0.29, 0.717) is 11.3 Å². The van der Waals surface area contributed by atoms with Crippen LogP contribution in [-0.2, 0) is 9.53 Å². The van der Waals surface area contributed by atoms with E-state index in [1.165, 1.54) is 11.3 Å². The van der Waals surface area contributed by atoms with Gasteiger partial charge in [0.15, 0.2) is 0 Å². The second-order valence-corrected chi connectivity index (χ2v) is 7.20. The van der Waals surface area contributed by atoms with E-state index < -0.39 is 0 Å². The molecule has 2 aromatic heterocycles. The molecule has 1 atom stereocenters. The van der Waals surface area contributed by atoms with Gasteiger partial charge in [0.05, 0.1) is 11.0 Å². The fraction of sp³-hybridized carbons (Fsp3) is 0.316. The number of fused-ring (bicyclic) bond motifs is 1. The number of H-pyrrole nitrogens is 1. The zero-order valence-electron chi connectivity index (χ0n) is 14.7. The Morgan fingerprint density at radius 2 is 2.26 bits per heavy atom. The van der Waals surface area contributed by atoms with Crippen molar-refractivity contribution < 1.29 is 14.3 Å². The molecule has 1 aliphatic rings. The number of hydrogen-bond acceptors (Lipinski definition) is 5. The van der Waals surface area contributed by atoms with Crippen LogP contribution in [-0.4, -0.2) is 34.9 Å². The van der Waals surface area contributed by atoms with Crippen molar-refractivity contribution in [2.24, 2.45) is 0 Å². The topological polar surface area (TPSA) is 96.1 Å². The summed E-state index contributed by atoms with van der Waals surface area (Å²) >= 11 is 1.46. The molecule has 1 fully saturated rings. The molecule has 27 heavy (non-hydrogen) atoms. The van der Waals surface area contributed by atoms with Crippen molar-refractivity contribution in [3.8, 4) is 0 Å². The molecule has 3 N–H and O–H groups in total. The normalized spacial score (nSPS) is 16.5. The third-order valence-electron chi connectivity index (χ3n) is 4.44. The van der Waals surface area contributed by atoms with Crippen LogP contribution in [0.2, 0.25) is 0 Å². The molecule has 7 nitrogen and oxygen atoms in total. The van der Waals surface area contributed by atoms with Crippen molar-refractivity contribution in [1.82, 2.24) is 15.3 Å². The molecule has 4 rings (SSSR count). The van der Waals surface area contributed by atoms with Gasteiger partial charge in [0, 0.05) is 36.2 Å². The molecule has 3 heterocycles. The van der Waals surface area contributed by atoms with Crippen molar-refractivity contribution in [3.05, 3.63) is 46.4 Å². The monoisotopic (exact) mass is 384 g/mol. The number of carbonyl (C=O) groups is 2. The Morgan fingerprint density at radius 3 is 3.04 bits per heavy atom. The first kappa shape index (κ1) is 17.7. The molecule has 1 aromatic carbocycles. The van der Waals surface area contributed by atoms with Crippen LogP contribution in [0.25, 0.3) is 11.0 Å². The summed E-state index contributed by atoms with van der Waals surface area (Å²) in [6.07, 6.45) is 2.26. The quantitative estimate of drug-likeness (QED) is 0.608. The minimum Gasteiger partial charge on any atom is -0.370 e. The molecule has 3 aromatic rings. The van der Waals surface area contributed by atoms with E-state index in [1.54, 1.807) is 11.4 Å². The first-order valence-electron chi connectivity index (χ1n) is 8.90. The molecular formula is C19H20N4O3S. The van der Waals surface area contributed by atoms with Crippen molar-refractivity contribution in [2.45, 2.75) is 25.4 Å². The van der Waals surface area contributed by atoms with Gasteiger partial charge in [-0.2, -0.15) is 11.3 Å². The lowest BCUT2D eigenvalue weighted by molar-refractivity contribution is -0.116. The van der Waals surface area contributed by atoms with E-state index in [0.717, 1.165) is 36.3 Å². The van der Waals surface area contributed by atoms with Gasteiger partial charge < -0.3 is 20.4 Å². The Balaban J connectivity index is 1.32. The molecule has 1 saturated heterocycles. The summed E-state index contributed by atoms with van der Waals surface area (Å²) < 4.78 is 5.66. The number of benzene rings is 1. The molecule has 0 radical (unpaired) electrons. The summed E-state index contributed by atoms with van der Waals surface area (Å²) in [6.45, 7) is 1.06. The summed E-state index contributed by atoms with van der Waals surface area (Å²) in [5, 5.41) is 9.22. The first-order valence-corrected chi connectivity index (χ1v) is 9.85. The standard InChI is InChI=1S/C19H20N4O3S/c24-17(5-7-20-19(25)12-6-9-27-11-12)21-13-3-4-14-15(10-13)23-18(22-14)16-2-1-8-26-16/h3-4,6,9-11,16H,1-2,5,7-8H2,(H,20,25)(H,21,24)(H,22,23). The predicted molar refractivity (Wildman–Crippen MR) is 104 cm³/mol.